The van der Waals surface area contributed by atoms with Gasteiger partial charge in [-0.25, -0.2) is 0 Å². The van der Waals surface area contributed by atoms with Crippen LogP contribution in [0.2, 0.25) is 0 Å². The number of hydrogen-bond acceptors (Lipinski definition) is 2. The number of carbonyl (C=O) groups excluding carboxylic acids is 1. The molecule has 2 aliphatic rings. The van der Waals surface area contributed by atoms with Crippen LogP contribution in [0.1, 0.15) is 24.4 Å². The van der Waals surface area contributed by atoms with Gasteiger partial charge in [0.15, 0.2) is 5.78 Å². The average molecular weight is 279 g/mol. The van der Waals surface area contributed by atoms with E-state index in [4.69, 9.17) is 0 Å². The van der Waals surface area contributed by atoms with Gasteiger partial charge in [0, 0.05) is 17.6 Å². The third-order valence-corrected chi connectivity index (χ3v) is 4.93. The van der Waals surface area contributed by atoms with Crippen molar-refractivity contribution in [3.05, 3.63) is 53.3 Å². The van der Waals surface area contributed by atoms with Crippen molar-refractivity contribution in [3.8, 4) is 0 Å². The molecule has 2 aromatic carbocycles. The largest absolute Gasteiger partial charge is 0.875 e. The molecule has 0 fully saturated rings. The molecule has 2 aromatic rings. The molecule has 0 amide bonds. The van der Waals surface area contributed by atoms with Crippen LogP contribution in [-0.4, -0.2) is 19.9 Å². The van der Waals surface area contributed by atoms with E-state index in [1.807, 2.05) is 12.1 Å². The highest BCUT2D eigenvalue weighted by Gasteiger charge is 2.46. The molecule has 1 aliphatic heterocycles. The molecule has 0 saturated heterocycles. The van der Waals surface area contributed by atoms with E-state index in [0.717, 1.165) is 5.56 Å². The molecule has 1 atom stereocenters. The summed E-state index contributed by atoms with van der Waals surface area (Å²) >= 11 is 0. The second-order valence-corrected chi connectivity index (χ2v) is 6.42. The first-order chi connectivity index (χ1) is 10.0. The molecule has 0 aromatic heterocycles. The van der Waals surface area contributed by atoms with Gasteiger partial charge < -0.3 is 5.11 Å². The van der Waals surface area contributed by atoms with Gasteiger partial charge in [-0.05, 0) is 17.9 Å². The predicted molar refractivity (Wildman–Crippen MR) is 81.6 cm³/mol. The van der Waals surface area contributed by atoms with Gasteiger partial charge in [-0.3, -0.25) is 9.28 Å². The van der Waals surface area contributed by atoms with Crippen molar-refractivity contribution in [2.24, 2.45) is 0 Å². The van der Waals surface area contributed by atoms with Gasteiger partial charge in [0.2, 0.25) is 0 Å². The number of allylic oxidation sites excluding steroid dienone is 1. The summed E-state index contributed by atoms with van der Waals surface area (Å²) in [6.07, 6.45) is 0.744. The molecule has 21 heavy (non-hydrogen) atoms. The Balaban J connectivity index is 2.06. The second-order valence-electron chi connectivity index (χ2n) is 6.42. The van der Waals surface area contributed by atoms with Crippen LogP contribution in [0.25, 0.3) is 10.8 Å². The third-order valence-electron chi connectivity index (χ3n) is 4.93. The zero-order valence-corrected chi connectivity index (χ0v) is 12.2. The van der Waals surface area contributed by atoms with Crippen LogP contribution in [0.4, 0.5) is 5.69 Å². The average Bonchev–Trinajstić information content (AvgIpc) is 2.89. The highest BCUT2D eigenvalue weighted by atomic mass is 16.3. The van der Waals surface area contributed by atoms with E-state index in [1.54, 1.807) is 0 Å². The summed E-state index contributed by atoms with van der Waals surface area (Å²) in [5.41, 5.74) is 2.81. The van der Waals surface area contributed by atoms with Crippen LogP contribution in [0.5, 0.6) is 0 Å². The van der Waals surface area contributed by atoms with Gasteiger partial charge in [0.05, 0.1) is 19.5 Å². The van der Waals surface area contributed by atoms with Gasteiger partial charge in [-0.15, -0.1) is 5.76 Å². The molecule has 0 N–H and O–H groups in total. The van der Waals surface area contributed by atoms with E-state index in [0.29, 0.717) is 22.9 Å². The molecule has 0 radical (unpaired) electrons. The van der Waals surface area contributed by atoms with E-state index in [1.165, 1.54) is 16.5 Å². The van der Waals surface area contributed by atoms with Crippen molar-refractivity contribution in [2.45, 2.75) is 18.9 Å². The molecule has 0 spiro atoms. The van der Waals surface area contributed by atoms with Crippen molar-refractivity contribution in [3.63, 3.8) is 0 Å². The molecule has 1 heterocycles. The van der Waals surface area contributed by atoms with E-state index in [-0.39, 0.29) is 17.6 Å². The summed E-state index contributed by atoms with van der Waals surface area (Å²) in [4.78, 5) is 12.3. The monoisotopic (exact) mass is 279 g/mol. The third kappa shape index (κ3) is 1.49. The Kier molecular flexibility index (Phi) is 2.37. The van der Waals surface area contributed by atoms with Crippen LogP contribution in [0.3, 0.4) is 0 Å². The number of Topliss-reactive ketones (excluding diaryl/α,β-unsaturated/α-hetero) is 1. The maximum Gasteiger partial charge on any atom is 0.164 e. The lowest BCUT2D eigenvalue weighted by atomic mass is 9.95. The van der Waals surface area contributed by atoms with Gasteiger partial charge in [0.1, 0.15) is 11.7 Å². The quantitative estimate of drug-likeness (QED) is 0.752. The minimum absolute atomic E-state index is 0.0287. The lowest BCUT2D eigenvalue weighted by molar-refractivity contribution is -0.307. The maximum atomic E-state index is 12.3. The lowest BCUT2D eigenvalue weighted by Crippen LogP contribution is -2.43. The fraction of sp³-hybridized carbons (Fsp3) is 0.278. The number of hydrogen-bond donors (Lipinski definition) is 0. The number of carbonyl (C=O) groups is 1. The Morgan fingerprint density at radius 2 is 1.81 bits per heavy atom. The minimum atomic E-state index is -0.159. The Morgan fingerprint density at radius 3 is 2.48 bits per heavy atom. The smallest absolute Gasteiger partial charge is 0.164 e. The molecule has 4 rings (SSSR count). The van der Waals surface area contributed by atoms with Crippen molar-refractivity contribution in [2.75, 3.05) is 14.1 Å². The van der Waals surface area contributed by atoms with Crippen LogP contribution >= 0.6 is 0 Å². The Hall–Kier alpha value is -2.13. The molecule has 1 aliphatic carbocycles. The first-order valence-electron chi connectivity index (χ1n) is 7.31. The predicted octanol–water partition coefficient (Wildman–Crippen LogP) is 2.44. The van der Waals surface area contributed by atoms with Crippen molar-refractivity contribution in [1.29, 1.82) is 0 Å². The van der Waals surface area contributed by atoms with Crippen molar-refractivity contribution in [1.82, 2.24) is 4.48 Å². The maximum absolute atomic E-state index is 12.3. The van der Waals surface area contributed by atoms with Gasteiger partial charge in [0.25, 0.3) is 0 Å². The summed E-state index contributed by atoms with van der Waals surface area (Å²) in [5.74, 6) is 0.0574. The summed E-state index contributed by atoms with van der Waals surface area (Å²) in [6, 6.07) is 12.3. The van der Waals surface area contributed by atoms with Gasteiger partial charge >= 0.3 is 0 Å². The van der Waals surface area contributed by atoms with Gasteiger partial charge in [-0.2, -0.15) is 0 Å². The molecular formula is C18H17NO2. The van der Waals surface area contributed by atoms with Crippen LogP contribution < -0.4 is 9.59 Å². The number of rotatable bonds is 1. The van der Waals surface area contributed by atoms with E-state index in [2.05, 4.69) is 38.4 Å². The molecule has 0 saturated carbocycles. The minimum Gasteiger partial charge on any atom is -0.875 e. The van der Waals surface area contributed by atoms with Crippen LogP contribution in [0, 0.1) is 0 Å². The lowest BCUT2D eigenvalue weighted by Gasteiger charge is -2.34. The van der Waals surface area contributed by atoms with E-state index in [9.17, 15) is 9.90 Å². The molecule has 0 bridgehead atoms. The fourth-order valence-electron chi connectivity index (χ4n) is 3.98. The molecule has 106 valence electrons. The standard InChI is InChI=1S/C18H17NO2/c1-19(2)13-8-4-6-11-5-3-7-12(16(11)13)18(19)17-14(20)9-10-15(17)21/h3-8,18H,9-10H2,1-2H3/t18-/m0/s1. The van der Waals surface area contributed by atoms with Crippen molar-refractivity contribution < 1.29 is 9.90 Å². The summed E-state index contributed by atoms with van der Waals surface area (Å²) in [7, 11) is 4.18. The van der Waals surface area contributed by atoms with Crippen LogP contribution in [0.15, 0.2) is 47.7 Å². The summed E-state index contributed by atoms with van der Waals surface area (Å²) in [6.45, 7) is 0. The highest BCUT2D eigenvalue weighted by molar-refractivity contribution is 6.05. The SMILES string of the molecule is C[N+]1(C)c2cccc3cccc(c23)[C@H]1C1=C([O-])CCC1=O. The molecule has 0 unspecified atom stereocenters. The number of benzene rings is 2. The summed E-state index contributed by atoms with van der Waals surface area (Å²) < 4.78 is 0.545. The van der Waals surface area contributed by atoms with E-state index >= 15 is 0 Å². The zero-order valence-electron chi connectivity index (χ0n) is 12.2. The molecule has 3 heteroatoms. The summed E-state index contributed by atoms with van der Waals surface area (Å²) in [5, 5.41) is 14.6. The Morgan fingerprint density at radius 1 is 1.10 bits per heavy atom. The number of nitrogens with zero attached hydrogens (tertiary/aromatic N) is 1. The number of ketones is 1. The normalized spacial score (nSPS) is 23.3. The zero-order chi connectivity index (χ0) is 14.8. The Labute approximate surface area is 123 Å². The van der Waals surface area contributed by atoms with Crippen molar-refractivity contribution >= 4 is 22.2 Å². The van der Waals surface area contributed by atoms with Crippen LogP contribution in [-0.2, 0) is 4.79 Å². The van der Waals surface area contributed by atoms with E-state index < -0.39 is 0 Å². The number of likely N-dealkylation sites (N-methyl/N-ethyl adjacent to an activating group) is 1. The second kappa shape index (κ2) is 3.95. The van der Waals surface area contributed by atoms with Gasteiger partial charge in [-0.1, -0.05) is 30.3 Å². The topological polar surface area (TPSA) is 40.1 Å². The molecular weight excluding hydrogens is 262 g/mol. The Bertz CT molecular complexity index is 812. The highest BCUT2D eigenvalue weighted by Crippen LogP contribution is 2.51. The number of quaternary nitrogens is 1. The first-order valence-corrected chi connectivity index (χ1v) is 7.31. The molecule has 3 nitrogen and oxygen atoms in total. The fourth-order valence-corrected chi connectivity index (χ4v) is 3.98. The first kappa shape index (κ1) is 12.6.